The highest BCUT2D eigenvalue weighted by atomic mass is 35.5. The first-order valence-corrected chi connectivity index (χ1v) is 14.9. The molecule has 6 rings (SSSR count). The van der Waals surface area contributed by atoms with Crippen LogP contribution in [0.4, 0.5) is 0 Å². The third-order valence-corrected chi connectivity index (χ3v) is 8.05. The number of hydrogen-bond donors (Lipinski definition) is 2. The zero-order valence-corrected chi connectivity index (χ0v) is 26.4. The molecule has 0 bridgehead atoms. The Morgan fingerprint density at radius 1 is 1.00 bits per heavy atom. The number of halogens is 1. The third-order valence-electron chi connectivity index (χ3n) is 6.66. The Bertz CT molecular complexity index is 1970. The number of aliphatic hydroxyl groups is 1. The first kappa shape index (κ1) is 30.3. The molecule has 2 N–H and O–H groups in total. The molecule has 0 saturated carbocycles. The predicted octanol–water partition coefficient (Wildman–Crippen LogP) is 7.65. The quantitative estimate of drug-likeness (QED) is 0.205. The number of carboxylic acid groups (broad SMARTS) is 1. The van der Waals surface area contributed by atoms with Crippen LogP contribution in [0.1, 0.15) is 37.6 Å². The van der Waals surface area contributed by atoms with Crippen molar-refractivity contribution in [2.24, 2.45) is 7.05 Å². The summed E-state index contributed by atoms with van der Waals surface area (Å²) in [6.45, 7) is 9.14. The Balaban J connectivity index is 0.000000682. The highest BCUT2D eigenvalue weighted by molar-refractivity contribution is 7.22. The van der Waals surface area contributed by atoms with Crippen LogP contribution in [-0.2, 0) is 18.3 Å². The zero-order valence-electron chi connectivity index (χ0n) is 24.8. The van der Waals surface area contributed by atoms with Gasteiger partial charge in [0.05, 0.1) is 51.0 Å². The normalized spacial score (nSPS) is 11.5. The van der Waals surface area contributed by atoms with Gasteiger partial charge in [-0.25, -0.2) is 4.98 Å². The van der Waals surface area contributed by atoms with E-state index in [4.69, 9.17) is 21.7 Å². The molecule has 0 atom stereocenters. The maximum Gasteiger partial charge on any atom is 0.307 e. The molecular weight excluding hydrogens is 582 g/mol. The Morgan fingerprint density at radius 3 is 2.35 bits per heavy atom. The molecule has 0 radical (unpaired) electrons. The van der Waals surface area contributed by atoms with E-state index in [1.807, 2.05) is 80.3 Å². The maximum atomic E-state index is 11.7. The predicted molar refractivity (Wildman–Crippen MR) is 174 cm³/mol. The molecule has 0 aliphatic rings. The number of benzene rings is 2. The largest absolute Gasteiger partial charge is 0.481 e. The van der Waals surface area contributed by atoms with Crippen molar-refractivity contribution in [3.8, 4) is 33.1 Å². The van der Waals surface area contributed by atoms with E-state index >= 15 is 0 Å². The van der Waals surface area contributed by atoms with Gasteiger partial charge in [0, 0.05) is 34.8 Å². The topological polar surface area (TPSA) is 114 Å². The molecule has 0 saturated heterocycles. The minimum Gasteiger partial charge on any atom is -0.481 e. The molecule has 8 nitrogen and oxygen atoms in total. The number of carbonyl (C=O) groups is 1. The SMILES string of the molecule is CC(C)(C)O.Cc1cc2nc(-c3ccnc(-c4cc5c(C)nn(C)c5cn4)c3)sc2c(-c2ccc(Cl)cc2)c1CC(=O)O. The van der Waals surface area contributed by atoms with E-state index in [0.29, 0.717) is 5.02 Å². The zero-order chi connectivity index (χ0) is 31.1. The molecule has 4 heterocycles. The minimum atomic E-state index is -0.875. The van der Waals surface area contributed by atoms with Gasteiger partial charge in [-0.2, -0.15) is 5.10 Å². The van der Waals surface area contributed by atoms with Gasteiger partial charge in [-0.15, -0.1) is 11.3 Å². The van der Waals surface area contributed by atoms with Gasteiger partial charge in [0.25, 0.3) is 0 Å². The van der Waals surface area contributed by atoms with Gasteiger partial charge in [0.15, 0.2) is 0 Å². The molecule has 0 amide bonds. The van der Waals surface area contributed by atoms with Crippen LogP contribution in [0.5, 0.6) is 0 Å². The standard InChI is InChI=1S/C29H22ClN5O2S.C4H10O/c1-15-10-24-28(27(20(15)13-26(36)37)17-4-6-19(30)7-5-17)38-29(33-24)18-8-9-31-22(11-18)23-12-21-16(2)34-35(3)25(21)14-32-23;1-4(2,3)5/h4-12,14H,13H2,1-3H3,(H,36,37);5H,1-3H3. The van der Waals surface area contributed by atoms with E-state index in [9.17, 15) is 9.90 Å². The number of fused-ring (bicyclic) bond motifs is 2. The maximum absolute atomic E-state index is 11.7. The van der Waals surface area contributed by atoms with E-state index in [1.165, 1.54) is 11.3 Å². The van der Waals surface area contributed by atoms with Gasteiger partial charge < -0.3 is 10.2 Å². The number of thiazole rings is 1. The van der Waals surface area contributed by atoms with E-state index < -0.39 is 11.6 Å². The molecule has 0 fully saturated rings. The van der Waals surface area contributed by atoms with Crippen molar-refractivity contribution in [1.29, 1.82) is 0 Å². The molecule has 0 unspecified atom stereocenters. The molecule has 220 valence electrons. The van der Waals surface area contributed by atoms with Crippen LogP contribution in [0.2, 0.25) is 5.02 Å². The van der Waals surface area contributed by atoms with Gasteiger partial charge in [-0.1, -0.05) is 23.7 Å². The van der Waals surface area contributed by atoms with Crippen molar-refractivity contribution in [2.75, 3.05) is 0 Å². The van der Waals surface area contributed by atoms with Gasteiger partial charge >= 0.3 is 5.97 Å². The summed E-state index contributed by atoms with van der Waals surface area (Å²) in [6.07, 6.45) is 3.51. The van der Waals surface area contributed by atoms with Crippen LogP contribution in [-0.4, -0.2) is 46.5 Å². The monoisotopic (exact) mass is 613 g/mol. The molecule has 10 heteroatoms. The van der Waals surface area contributed by atoms with Crippen molar-refractivity contribution in [3.05, 3.63) is 82.8 Å². The lowest BCUT2D eigenvalue weighted by atomic mass is 9.93. The van der Waals surface area contributed by atoms with Gasteiger partial charge in [0.2, 0.25) is 0 Å². The number of rotatable bonds is 5. The van der Waals surface area contributed by atoms with E-state index in [1.54, 1.807) is 27.0 Å². The summed E-state index contributed by atoms with van der Waals surface area (Å²) in [4.78, 5) is 25.9. The number of aromatic nitrogens is 5. The van der Waals surface area contributed by atoms with E-state index in [2.05, 4.69) is 15.1 Å². The number of aliphatic carboxylic acids is 1. The number of carboxylic acids is 1. The second kappa shape index (κ2) is 11.8. The Labute approximate surface area is 258 Å². The smallest absolute Gasteiger partial charge is 0.307 e. The summed E-state index contributed by atoms with van der Waals surface area (Å²) < 4.78 is 2.76. The van der Waals surface area contributed by atoms with Crippen LogP contribution in [0, 0.1) is 13.8 Å². The Hall–Kier alpha value is -4.18. The highest BCUT2D eigenvalue weighted by Crippen LogP contribution is 2.41. The van der Waals surface area contributed by atoms with Crippen molar-refractivity contribution in [2.45, 2.75) is 46.6 Å². The third kappa shape index (κ3) is 6.74. The van der Waals surface area contributed by atoms with Gasteiger partial charge in [-0.05, 0) is 87.7 Å². The minimum absolute atomic E-state index is 0.0751. The lowest BCUT2D eigenvalue weighted by Gasteiger charge is -2.13. The van der Waals surface area contributed by atoms with Crippen LogP contribution in [0.15, 0.2) is 60.9 Å². The summed E-state index contributed by atoms with van der Waals surface area (Å²) in [7, 11) is 1.91. The Morgan fingerprint density at radius 2 is 1.67 bits per heavy atom. The fraction of sp³-hybridized carbons (Fsp3) is 0.242. The molecule has 0 aliphatic carbocycles. The van der Waals surface area contributed by atoms with Crippen LogP contribution in [0.25, 0.3) is 54.2 Å². The molecule has 2 aromatic carbocycles. The van der Waals surface area contributed by atoms with Gasteiger partial charge in [-0.3, -0.25) is 19.4 Å². The number of nitrogens with zero attached hydrogens (tertiary/aromatic N) is 5. The molecule has 4 aromatic heterocycles. The number of pyridine rings is 2. The lowest BCUT2D eigenvalue weighted by Crippen LogP contribution is -2.10. The molecule has 0 aliphatic heterocycles. The van der Waals surface area contributed by atoms with Crippen molar-refractivity contribution < 1.29 is 15.0 Å². The lowest BCUT2D eigenvalue weighted by molar-refractivity contribution is -0.136. The number of aryl methyl sites for hydroxylation is 3. The summed E-state index contributed by atoms with van der Waals surface area (Å²) in [6, 6.07) is 15.4. The fourth-order valence-corrected chi connectivity index (χ4v) is 6.09. The van der Waals surface area contributed by atoms with Crippen molar-refractivity contribution in [1.82, 2.24) is 24.7 Å². The fourth-order valence-electron chi connectivity index (χ4n) is 4.83. The molecular formula is C33H32ClN5O3S. The average Bonchev–Trinajstić information content (AvgIpc) is 3.48. The van der Waals surface area contributed by atoms with Crippen LogP contribution in [0.3, 0.4) is 0 Å². The Kier molecular flexibility index (Phi) is 8.34. The summed E-state index contributed by atoms with van der Waals surface area (Å²) >= 11 is 7.68. The molecule has 6 aromatic rings. The van der Waals surface area contributed by atoms with Crippen LogP contribution >= 0.6 is 22.9 Å². The first-order valence-electron chi connectivity index (χ1n) is 13.7. The average molecular weight is 614 g/mol. The summed E-state index contributed by atoms with van der Waals surface area (Å²) in [5.41, 5.74) is 8.12. The highest BCUT2D eigenvalue weighted by Gasteiger charge is 2.20. The summed E-state index contributed by atoms with van der Waals surface area (Å²) in [5.74, 6) is -0.875. The van der Waals surface area contributed by atoms with E-state index in [0.717, 1.165) is 71.0 Å². The second-order valence-corrected chi connectivity index (χ2v) is 12.8. The van der Waals surface area contributed by atoms with Gasteiger partial charge in [0.1, 0.15) is 5.01 Å². The van der Waals surface area contributed by atoms with Crippen molar-refractivity contribution in [3.63, 3.8) is 0 Å². The molecule has 43 heavy (non-hydrogen) atoms. The number of hydrogen-bond acceptors (Lipinski definition) is 7. The second-order valence-electron chi connectivity index (χ2n) is 11.4. The first-order chi connectivity index (χ1) is 20.3. The van der Waals surface area contributed by atoms with Crippen LogP contribution < -0.4 is 0 Å². The van der Waals surface area contributed by atoms with E-state index in [-0.39, 0.29) is 6.42 Å². The van der Waals surface area contributed by atoms with Crippen molar-refractivity contribution >= 4 is 50.0 Å². The summed E-state index contributed by atoms with van der Waals surface area (Å²) in [5, 5.41) is 25.1. The molecule has 0 spiro atoms.